The van der Waals surface area contributed by atoms with Crippen LogP contribution in [0.5, 0.6) is 0 Å². The van der Waals surface area contributed by atoms with E-state index in [1.54, 1.807) is 0 Å². The lowest BCUT2D eigenvalue weighted by Crippen LogP contribution is -1.91. The van der Waals surface area contributed by atoms with Crippen LogP contribution in [-0.4, -0.2) is 0 Å². The van der Waals surface area contributed by atoms with E-state index in [1.807, 2.05) is 30.3 Å². The zero-order valence-corrected chi connectivity index (χ0v) is 13.0. The van der Waals surface area contributed by atoms with Crippen molar-refractivity contribution >= 4 is 44.1 Å². The topological polar surface area (TPSA) is 25.2 Å². The van der Waals surface area contributed by atoms with Crippen LogP contribution in [0.2, 0.25) is 0 Å². The lowest BCUT2D eigenvalue weighted by molar-refractivity contribution is 0.669. The van der Waals surface area contributed by atoms with E-state index < -0.39 is 0 Å². The summed E-state index contributed by atoms with van der Waals surface area (Å²) in [6.45, 7) is 0. The third kappa shape index (κ3) is 1.97. The molecule has 0 spiro atoms. The Balaban J connectivity index is 1.87. The summed E-state index contributed by atoms with van der Waals surface area (Å²) >= 11 is 0. The molecule has 0 radical (unpaired) electrons. The van der Waals surface area contributed by atoms with Crippen molar-refractivity contribution in [2.24, 2.45) is 0 Å². The average molecular weight is 309 g/mol. The molecule has 1 heterocycles. The van der Waals surface area contributed by atoms with E-state index in [9.17, 15) is 0 Å². The number of benzene rings is 4. The zero-order chi connectivity index (χ0) is 15.9. The van der Waals surface area contributed by atoms with Gasteiger partial charge in [-0.2, -0.15) is 0 Å². The molecular formula is C22H15NO. The van der Waals surface area contributed by atoms with Crippen molar-refractivity contribution in [3.63, 3.8) is 0 Å². The summed E-state index contributed by atoms with van der Waals surface area (Å²) < 4.78 is 6.04. The number of hydrogen-bond donors (Lipinski definition) is 1. The first-order valence-electron chi connectivity index (χ1n) is 8.05. The third-order valence-corrected chi connectivity index (χ3v) is 4.44. The van der Waals surface area contributed by atoms with Crippen LogP contribution >= 0.6 is 0 Å². The summed E-state index contributed by atoms with van der Waals surface area (Å²) in [5.74, 6) is 0. The van der Waals surface area contributed by atoms with Crippen LogP contribution in [0.15, 0.2) is 89.3 Å². The van der Waals surface area contributed by atoms with E-state index in [-0.39, 0.29) is 0 Å². The second-order valence-corrected chi connectivity index (χ2v) is 5.93. The number of para-hydroxylation sites is 2. The third-order valence-electron chi connectivity index (χ3n) is 4.44. The van der Waals surface area contributed by atoms with E-state index in [1.165, 1.54) is 16.2 Å². The second-order valence-electron chi connectivity index (χ2n) is 5.93. The Morgan fingerprint density at radius 2 is 1.42 bits per heavy atom. The number of anilines is 2. The summed E-state index contributed by atoms with van der Waals surface area (Å²) in [4.78, 5) is 0. The van der Waals surface area contributed by atoms with Crippen LogP contribution < -0.4 is 5.32 Å². The van der Waals surface area contributed by atoms with Crippen LogP contribution in [0.1, 0.15) is 0 Å². The Bertz CT molecular complexity index is 1170. The van der Waals surface area contributed by atoms with Gasteiger partial charge in [0.1, 0.15) is 11.2 Å². The molecule has 2 heteroatoms. The Morgan fingerprint density at radius 3 is 2.33 bits per heavy atom. The van der Waals surface area contributed by atoms with Gasteiger partial charge in [0, 0.05) is 27.5 Å². The Kier molecular flexibility index (Phi) is 2.83. The number of hydrogen-bond acceptors (Lipinski definition) is 2. The van der Waals surface area contributed by atoms with Crippen molar-refractivity contribution in [1.82, 2.24) is 0 Å². The molecule has 0 saturated heterocycles. The quantitative estimate of drug-likeness (QED) is 0.403. The molecule has 0 aliphatic heterocycles. The molecule has 1 N–H and O–H groups in total. The van der Waals surface area contributed by atoms with Crippen LogP contribution in [0.3, 0.4) is 0 Å². The minimum Gasteiger partial charge on any atom is -0.456 e. The molecule has 1 aromatic heterocycles. The molecule has 5 aromatic rings. The Labute approximate surface area is 139 Å². The monoisotopic (exact) mass is 309 g/mol. The van der Waals surface area contributed by atoms with Gasteiger partial charge in [0.2, 0.25) is 0 Å². The molecule has 0 aliphatic rings. The molecule has 24 heavy (non-hydrogen) atoms. The van der Waals surface area contributed by atoms with Crippen LogP contribution in [-0.2, 0) is 0 Å². The summed E-state index contributed by atoms with van der Waals surface area (Å²) in [5.41, 5.74) is 4.02. The largest absolute Gasteiger partial charge is 0.456 e. The lowest BCUT2D eigenvalue weighted by atomic mass is 10.0. The van der Waals surface area contributed by atoms with Crippen molar-refractivity contribution in [3.05, 3.63) is 84.9 Å². The highest BCUT2D eigenvalue weighted by molar-refractivity contribution is 6.22. The SMILES string of the molecule is c1ccc(Nc2cccc3ccc4oc5ccccc5c4c23)cc1. The van der Waals surface area contributed by atoms with Gasteiger partial charge in [-0.1, -0.05) is 54.6 Å². The highest BCUT2D eigenvalue weighted by Gasteiger charge is 2.12. The first-order chi connectivity index (χ1) is 11.9. The predicted molar refractivity (Wildman–Crippen MR) is 101 cm³/mol. The molecule has 0 saturated carbocycles. The first kappa shape index (κ1) is 13.2. The van der Waals surface area contributed by atoms with Gasteiger partial charge in [-0.15, -0.1) is 0 Å². The molecule has 0 unspecified atom stereocenters. The maximum Gasteiger partial charge on any atom is 0.136 e. The number of nitrogens with one attached hydrogen (secondary N) is 1. The molecular weight excluding hydrogens is 294 g/mol. The maximum atomic E-state index is 6.04. The van der Waals surface area contributed by atoms with E-state index in [0.29, 0.717) is 0 Å². The first-order valence-corrected chi connectivity index (χ1v) is 8.05. The Hall–Kier alpha value is -3.26. The van der Waals surface area contributed by atoms with Gasteiger partial charge < -0.3 is 9.73 Å². The standard InChI is InChI=1S/C22H15NO/c1-2-8-16(9-3-1)23-18-11-6-7-15-13-14-20-22(21(15)18)17-10-4-5-12-19(17)24-20/h1-14,23H. The fourth-order valence-corrected chi connectivity index (χ4v) is 3.37. The Morgan fingerprint density at radius 1 is 0.583 bits per heavy atom. The molecule has 4 aromatic carbocycles. The molecule has 0 atom stereocenters. The molecule has 0 aliphatic carbocycles. The number of fused-ring (bicyclic) bond motifs is 5. The van der Waals surface area contributed by atoms with Crippen molar-refractivity contribution in [1.29, 1.82) is 0 Å². The van der Waals surface area contributed by atoms with Crippen molar-refractivity contribution in [2.75, 3.05) is 5.32 Å². The summed E-state index contributed by atoms with van der Waals surface area (Å²) in [5, 5.41) is 8.28. The van der Waals surface area contributed by atoms with Gasteiger partial charge in [0.05, 0.1) is 0 Å². The molecule has 114 valence electrons. The van der Waals surface area contributed by atoms with E-state index in [4.69, 9.17) is 4.42 Å². The minimum atomic E-state index is 0.922. The average Bonchev–Trinajstić information content (AvgIpc) is 3.01. The van der Waals surface area contributed by atoms with Gasteiger partial charge in [0.15, 0.2) is 0 Å². The number of furan rings is 1. The van der Waals surface area contributed by atoms with Crippen LogP contribution in [0.4, 0.5) is 11.4 Å². The van der Waals surface area contributed by atoms with Crippen LogP contribution in [0, 0.1) is 0 Å². The summed E-state index contributed by atoms with van der Waals surface area (Å²) in [7, 11) is 0. The van der Waals surface area contributed by atoms with E-state index in [2.05, 4.69) is 59.9 Å². The van der Waals surface area contributed by atoms with Gasteiger partial charge >= 0.3 is 0 Å². The van der Waals surface area contributed by atoms with Gasteiger partial charge in [-0.05, 0) is 35.7 Å². The lowest BCUT2D eigenvalue weighted by Gasteiger charge is -2.11. The van der Waals surface area contributed by atoms with Crippen LogP contribution in [0.25, 0.3) is 32.7 Å². The normalized spacial score (nSPS) is 11.3. The molecule has 0 amide bonds. The van der Waals surface area contributed by atoms with E-state index >= 15 is 0 Å². The van der Waals surface area contributed by atoms with Gasteiger partial charge in [-0.3, -0.25) is 0 Å². The smallest absolute Gasteiger partial charge is 0.136 e. The predicted octanol–water partition coefficient (Wildman–Crippen LogP) is 6.48. The van der Waals surface area contributed by atoms with E-state index in [0.717, 1.165) is 27.9 Å². The highest BCUT2D eigenvalue weighted by Crippen LogP contribution is 2.38. The number of rotatable bonds is 2. The van der Waals surface area contributed by atoms with Crippen molar-refractivity contribution in [2.45, 2.75) is 0 Å². The second kappa shape index (κ2) is 5.14. The fraction of sp³-hybridized carbons (Fsp3) is 0. The van der Waals surface area contributed by atoms with Gasteiger partial charge in [0.25, 0.3) is 0 Å². The molecule has 0 bridgehead atoms. The molecule has 2 nitrogen and oxygen atoms in total. The van der Waals surface area contributed by atoms with Crippen molar-refractivity contribution < 1.29 is 4.42 Å². The molecule has 0 fully saturated rings. The van der Waals surface area contributed by atoms with Crippen molar-refractivity contribution in [3.8, 4) is 0 Å². The van der Waals surface area contributed by atoms with Gasteiger partial charge in [-0.25, -0.2) is 0 Å². The summed E-state index contributed by atoms with van der Waals surface area (Å²) in [6, 6.07) is 29.0. The maximum absolute atomic E-state index is 6.04. The zero-order valence-electron chi connectivity index (χ0n) is 13.0. The molecule has 5 rings (SSSR count). The summed E-state index contributed by atoms with van der Waals surface area (Å²) in [6.07, 6.45) is 0. The fourth-order valence-electron chi connectivity index (χ4n) is 3.37. The minimum absolute atomic E-state index is 0.922. The highest BCUT2D eigenvalue weighted by atomic mass is 16.3.